The van der Waals surface area contributed by atoms with Crippen molar-refractivity contribution in [3.8, 4) is 5.75 Å². The van der Waals surface area contributed by atoms with Gasteiger partial charge in [0.25, 0.3) is 5.92 Å². The van der Waals surface area contributed by atoms with Gasteiger partial charge in [-0.25, -0.2) is 8.78 Å². The average molecular weight is 228 g/mol. The van der Waals surface area contributed by atoms with E-state index in [4.69, 9.17) is 4.74 Å². The van der Waals surface area contributed by atoms with Gasteiger partial charge in [-0.15, -0.1) is 0 Å². The first kappa shape index (κ1) is 12.6. The minimum atomic E-state index is -2.87. The van der Waals surface area contributed by atoms with Crippen LogP contribution in [0.2, 0.25) is 0 Å². The molecule has 4 heteroatoms. The molecule has 0 aliphatic carbocycles. The second kappa shape index (κ2) is 5.05. The highest BCUT2D eigenvalue weighted by Crippen LogP contribution is 2.31. The third kappa shape index (κ3) is 3.02. The fourth-order valence-corrected chi connectivity index (χ4v) is 1.46. The summed E-state index contributed by atoms with van der Waals surface area (Å²) in [7, 11) is 1.48. The number of ether oxygens (including phenoxy) is 1. The predicted molar refractivity (Wildman–Crippen MR) is 56.9 cm³/mol. The van der Waals surface area contributed by atoms with Gasteiger partial charge in [0.2, 0.25) is 0 Å². The van der Waals surface area contributed by atoms with Gasteiger partial charge in [-0.1, -0.05) is 0 Å². The minimum absolute atomic E-state index is 0.0609. The van der Waals surface area contributed by atoms with Crippen molar-refractivity contribution < 1.29 is 18.3 Å². The second-order valence-electron chi connectivity index (χ2n) is 3.62. The van der Waals surface area contributed by atoms with Crippen LogP contribution in [0.25, 0.3) is 0 Å². The van der Waals surface area contributed by atoms with Crippen molar-refractivity contribution in [3.63, 3.8) is 0 Å². The maximum absolute atomic E-state index is 13.1. The average Bonchev–Trinajstić information content (AvgIpc) is 2.24. The third-order valence-electron chi connectivity index (χ3n) is 2.32. The number of hydrogen-bond acceptors (Lipinski definition) is 2. The van der Waals surface area contributed by atoms with E-state index in [-0.39, 0.29) is 5.56 Å². The van der Waals surface area contributed by atoms with Crippen molar-refractivity contribution in [2.45, 2.75) is 25.7 Å². The predicted octanol–water partition coefficient (Wildman–Crippen LogP) is 2.94. The lowest BCUT2D eigenvalue weighted by Gasteiger charge is -2.14. The second-order valence-corrected chi connectivity index (χ2v) is 3.62. The van der Waals surface area contributed by atoms with Gasteiger partial charge >= 0.3 is 0 Å². The molecule has 0 atom stereocenters. The molecule has 1 aromatic rings. The van der Waals surface area contributed by atoms with E-state index in [0.29, 0.717) is 24.2 Å². The summed E-state index contributed by atoms with van der Waals surface area (Å²) in [4.78, 5) is 10.3. The fraction of sp³-hybridized carbons (Fsp3) is 0.417. The molecule has 0 radical (unpaired) electrons. The monoisotopic (exact) mass is 228 g/mol. The first-order valence-electron chi connectivity index (χ1n) is 4.98. The highest BCUT2D eigenvalue weighted by Gasteiger charge is 2.25. The number of aldehydes is 1. The van der Waals surface area contributed by atoms with Crippen LogP contribution in [-0.2, 0) is 17.1 Å². The summed E-state index contributed by atoms with van der Waals surface area (Å²) in [6.07, 6.45) is 1.47. The number of aryl methyl sites for hydroxylation is 1. The smallest absolute Gasteiger partial charge is 0.270 e. The molecule has 1 rings (SSSR count). The van der Waals surface area contributed by atoms with Crippen LogP contribution in [-0.4, -0.2) is 13.4 Å². The van der Waals surface area contributed by atoms with Crippen molar-refractivity contribution in [1.82, 2.24) is 0 Å². The van der Waals surface area contributed by atoms with Gasteiger partial charge in [0.15, 0.2) is 0 Å². The highest BCUT2D eigenvalue weighted by molar-refractivity contribution is 5.51. The molecule has 0 saturated heterocycles. The number of alkyl halides is 2. The Morgan fingerprint density at radius 2 is 2.12 bits per heavy atom. The molecule has 1 aromatic carbocycles. The van der Waals surface area contributed by atoms with E-state index in [1.165, 1.54) is 25.3 Å². The third-order valence-corrected chi connectivity index (χ3v) is 2.32. The van der Waals surface area contributed by atoms with Gasteiger partial charge in [-0.2, -0.15) is 0 Å². The first-order valence-corrected chi connectivity index (χ1v) is 4.98. The van der Waals surface area contributed by atoms with Gasteiger partial charge in [-0.05, 0) is 30.2 Å². The van der Waals surface area contributed by atoms with Gasteiger partial charge < -0.3 is 9.53 Å². The molecule has 0 aromatic heterocycles. The fourth-order valence-electron chi connectivity index (χ4n) is 1.46. The van der Waals surface area contributed by atoms with Crippen LogP contribution in [0.5, 0.6) is 5.75 Å². The molecule has 0 aliphatic heterocycles. The van der Waals surface area contributed by atoms with Gasteiger partial charge in [-0.3, -0.25) is 0 Å². The normalized spacial score (nSPS) is 11.2. The van der Waals surface area contributed by atoms with E-state index in [1.54, 1.807) is 0 Å². The molecule has 0 spiro atoms. The van der Waals surface area contributed by atoms with E-state index in [1.807, 2.05) is 0 Å². The van der Waals surface area contributed by atoms with Gasteiger partial charge in [0.05, 0.1) is 7.11 Å². The topological polar surface area (TPSA) is 26.3 Å². The summed E-state index contributed by atoms with van der Waals surface area (Å²) in [5, 5.41) is 0. The van der Waals surface area contributed by atoms with Crippen molar-refractivity contribution in [2.75, 3.05) is 7.11 Å². The number of rotatable bonds is 5. The Morgan fingerprint density at radius 3 is 2.62 bits per heavy atom. The largest absolute Gasteiger partial charge is 0.496 e. The summed E-state index contributed by atoms with van der Waals surface area (Å²) in [5.74, 6) is -2.34. The van der Waals surface area contributed by atoms with Crippen molar-refractivity contribution in [1.29, 1.82) is 0 Å². The Hall–Kier alpha value is -1.45. The van der Waals surface area contributed by atoms with Crippen LogP contribution in [0, 0.1) is 0 Å². The number of halogens is 2. The summed E-state index contributed by atoms with van der Waals surface area (Å²) in [6, 6.07) is 4.23. The van der Waals surface area contributed by atoms with Crippen molar-refractivity contribution >= 4 is 6.29 Å². The molecule has 16 heavy (non-hydrogen) atoms. The van der Waals surface area contributed by atoms with E-state index in [9.17, 15) is 13.6 Å². The lowest BCUT2D eigenvalue weighted by Crippen LogP contribution is -2.08. The highest BCUT2D eigenvalue weighted by atomic mass is 19.3. The quantitative estimate of drug-likeness (QED) is 0.724. The zero-order valence-electron chi connectivity index (χ0n) is 9.30. The Labute approximate surface area is 93.2 Å². The van der Waals surface area contributed by atoms with Crippen LogP contribution < -0.4 is 4.74 Å². The molecule has 0 fully saturated rings. The summed E-state index contributed by atoms with van der Waals surface area (Å²) in [6.45, 7) is 0.846. The SMILES string of the molecule is COc1ccc(C(C)(F)F)cc1CCC=O. The van der Waals surface area contributed by atoms with E-state index in [0.717, 1.165) is 13.2 Å². The Bertz CT molecular complexity index is 370. The molecule has 0 heterocycles. The Kier molecular flexibility index (Phi) is 3.99. The molecule has 0 amide bonds. The number of carbonyl (C=O) groups is 1. The van der Waals surface area contributed by atoms with Crippen molar-refractivity contribution in [3.05, 3.63) is 29.3 Å². The van der Waals surface area contributed by atoms with Crippen LogP contribution in [0.1, 0.15) is 24.5 Å². The van der Waals surface area contributed by atoms with Crippen LogP contribution in [0.3, 0.4) is 0 Å². The van der Waals surface area contributed by atoms with Gasteiger partial charge in [0, 0.05) is 18.9 Å². The van der Waals surface area contributed by atoms with Crippen LogP contribution in [0.4, 0.5) is 8.78 Å². The summed E-state index contributed by atoms with van der Waals surface area (Å²) in [5.41, 5.74) is 0.572. The number of hydrogen-bond donors (Lipinski definition) is 0. The number of benzene rings is 1. The molecule has 88 valence electrons. The van der Waals surface area contributed by atoms with E-state index >= 15 is 0 Å². The van der Waals surface area contributed by atoms with E-state index in [2.05, 4.69) is 0 Å². The maximum atomic E-state index is 13.1. The minimum Gasteiger partial charge on any atom is -0.496 e. The van der Waals surface area contributed by atoms with Crippen LogP contribution in [0.15, 0.2) is 18.2 Å². The standard InChI is InChI=1S/C12H14F2O2/c1-12(13,14)10-5-6-11(16-2)9(8-10)4-3-7-15/h5-8H,3-4H2,1-2H3. The van der Waals surface area contributed by atoms with Crippen LogP contribution >= 0.6 is 0 Å². The number of carbonyl (C=O) groups excluding carboxylic acids is 1. The molecule has 0 N–H and O–H groups in total. The molecule has 2 nitrogen and oxygen atoms in total. The lowest BCUT2D eigenvalue weighted by molar-refractivity contribution is -0.107. The Morgan fingerprint density at radius 1 is 1.44 bits per heavy atom. The van der Waals surface area contributed by atoms with Crippen molar-refractivity contribution in [2.24, 2.45) is 0 Å². The zero-order valence-corrected chi connectivity index (χ0v) is 9.30. The molecule has 0 bridgehead atoms. The molecule has 0 aliphatic rings. The molecular formula is C12H14F2O2. The molecular weight excluding hydrogens is 214 g/mol. The maximum Gasteiger partial charge on any atom is 0.270 e. The van der Waals surface area contributed by atoms with Gasteiger partial charge in [0.1, 0.15) is 12.0 Å². The Balaban J connectivity index is 3.05. The first-order chi connectivity index (χ1) is 7.49. The zero-order chi connectivity index (χ0) is 12.2. The summed E-state index contributed by atoms with van der Waals surface area (Å²) >= 11 is 0. The molecule has 0 unspecified atom stereocenters. The summed E-state index contributed by atoms with van der Waals surface area (Å²) < 4.78 is 31.2. The molecule has 0 saturated carbocycles. The number of methoxy groups -OCH3 is 1. The lowest BCUT2D eigenvalue weighted by atomic mass is 10.0. The van der Waals surface area contributed by atoms with E-state index < -0.39 is 5.92 Å².